The number of amides is 1. The van der Waals surface area contributed by atoms with Crippen molar-refractivity contribution in [1.29, 1.82) is 0 Å². The molecule has 1 aliphatic carbocycles. The Morgan fingerprint density at radius 1 is 1.26 bits per heavy atom. The molecule has 1 aromatic carbocycles. The van der Waals surface area contributed by atoms with Gasteiger partial charge in [0.15, 0.2) is 0 Å². The smallest absolute Gasteiger partial charge is 0.236 e. The van der Waals surface area contributed by atoms with Crippen molar-refractivity contribution in [2.45, 2.75) is 31.8 Å². The third-order valence-electron chi connectivity index (χ3n) is 3.53. The fourth-order valence-electron chi connectivity index (χ4n) is 2.43. The van der Waals surface area contributed by atoms with E-state index in [1.165, 1.54) is 0 Å². The van der Waals surface area contributed by atoms with Gasteiger partial charge in [-0.2, -0.15) is 0 Å². The van der Waals surface area contributed by atoms with Crippen LogP contribution in [0.25, 0.3) is 0 Å². The molecule has 1 aliphatic rings. The van der Waals surface area contributed by atoms with Gasteiger partial charge in [0.2, 0.25) is 5.91 Å². The molecule has 19 heavy (non-hydrogen) atoms. The Hall–Kier alpha value is -1.75. The molecule has 2 rings (SSSR count). The van der Waals surface area contributed by atoms with Crippen LogP contribution in [0.4, 0.5) is 0 Å². The first-order valence-corrected chi connectivity index (χ1v) is 6.54. The molecule has 0 heterocycles. The van der Waals surface area contributed by atoms with Crippen LogP contribution in [-0.2, 0) is 4.79 Å². The number of carbonyl (C=O) groups excluding carboxylic acids is 1. The molecular formula is C14H20N2O3. The minimum Gasteiger partial charge on any atom is -0.497 e. The number of methoxy groups -OCH3 is 1. The molecule has 0 saturated heterocycles. The summed E-state index contributed by atoms with van der Waals surface area (Å²) in [6.45, 7) is 0. The second-order valence-corrected chi connectivity index (χ2v) is 4.78. The maximum atomic E-state index is 11.4. The summed E-state index contributed by atoms with van der Waals surface area (Å²) in [5.74, 6) is 6.70. The van der Waals surface area contributed by atoms with Gasteiger partial charge >= 0.3 is 0 Å². The van der Waals surface area contributed by atoms with Gasteiger partial charge < -0.3 is 9.47 Å². The first-order chi connectivity index (χ1) is 9.22. The van der Waals surface area contributed by atoms with Crippen molar-refractivity contribution in [3.05, 3.63) is 24.3 Å². The monoisotopic (exact) mass is 264 g/mol. The molecule has 0 aromatic heterocycles. The third kappa shape index (κ3) is 3.61. The van der Waals surface area contributed by atoms with Gasteiger partial charge in [0, 0.05) is 12.0 Å². The van der Waals surface area contributed by atoms with Crippen LogP contribution in [0, 0.1) is 5.92 Å². The maximum absolute atomic E-state index is 11.4. The number of rotatable bonds is 4. The second-order valence-electron chi connectivity index (χ2n) is 4.78. The van der Waals surface area contributed by atoms with Gasteiger partial charge in [-0.25, -0.2) is 5.84 Å². The van der Waals surface area contributed by atoms with Crippen LogP contribution in [0.1, 0.15) is 25.7 Å². The zero-order valence-electron chi connectivity index (χ0n) is 11.1. The zero-order chi connectivity index (χ0) is 13.7. The minimum atomic E-state index is -0.0696. The average Bonchev–Trinajstić information content (AvgIpc) is 2.47. The highest BCUT2D eigenvalue weighted by Crippen LogP contribution is 2.28. The molecule has 0 atom stereocenters. The number of nitrogens with two attached hydrogens (primary N) is 1. The van der Waals surface area contributed by atoms with Crippen LogP contribution in [-0.4, -0.2) is 19.1 Å². The molecule has 0 spiro atoms. The Morgan fingerprint density at radius 3 is 2.58 bits per heavy atom. The number of hydrogen-bond acceptors (Lipinski definition) is 4. The fourth-order valence-corrected chi connectivity index (χ4v) is 2.43. The zero-order valence-corrected chi connectivity index (χ0v) is 11.1. The highest BCUT2D eigenvalue weighted by Gasteiger charge is 2.26. The summed E-state index contributed by atoms with van der Waals surface area (Å²) in [6.07, 6.45) is 3.54. The lowest BCUT2D eigenvalue weighted by atomic mass is 9.87. The predicted molar refractivity (Wildman–Crippen MR) is 71.7 cm³/mol. The quantitative estimate of drug-likeness (QED) is 0.492. The Labute approximate surface area is 113 Å². The average molecular weight is 264 g/mol. The van der Waals surface area contributed by atoms with E-state index >= 15 is 0 Å². The summed E-state index contributed by atoms with van der Waals surface area (Å²) in [5, 5.41) is 0. The Balaban J connectivity index is 1.86. The lowest BCUT2D eigenvalue weighted by Crippen LogP contribution is -2.38. The van der Waals surface area contributed by atoms with Crippen molar-refractivity contribution in [1.82, 2.24) is 5.43 Å². The van der Waals surface area contributed by atoms with E-state index in [0.29, 0.717) is 0 Å². The Bertz CT molecular complexity index is 428. The number of carbonyl (C=O) groups is 1. The van der Waals surface area contributed by atoms with Gasteiger partial charge in [-0.3, -0.25) is 10.2 Å². The molecule has 5 heteroatoms. The lowest BCUT2D eigenvalue weighted by Gasteiger charge is -2.27. The van der Waals surface area contributed by atoms with Gasteiger partial charge in [0.05, 0.1) is 13.2 Å². The van der Waals surface area contributed by atoms with E-state index in [0.717, 1.165) is 37.2 Å². The van der Waals surface area contributed by atoms with Crippen molar-refractivity contribution in [3.8, 4) is 11.5 Å². The largest absolute Gasteiger partial charge is 0.497 e. The molecule has 0 radical (unpaired) electrons. The summed E-state index contributed by atoms with van der Waals surface area (Å²) in [5.41, 5.74) is 2.22. The van der Waals surface area contributed by atoms with Gasteiger partial charge in [-0.05, 0) is 37.8 Å². The van der Waals surface area contributed by atoms with Crippen LogP contribution >= 0.6 is 0 Å². The number of benzene rings is 1. The molecule has 104 valence electrons. The highest BCUT2D eigenvalue weighted by atomic mass is 16.5. The van der Waals surface area contributed by atoms with Crippen molar-refractivity contribution in [2.24, 2.45) is 11.8 Å². The number of hydrazine groups is 1. The number of nitrogens with one attached hydrogen (secondary N) is 1. The lowest BCUT2D eigenvalue weighted by molar-refractivity contribution is -0.126. The minimum absolute atomic E-state index is 0.0233. The fraction of sp³-hybridized carbons (Fsp3) is 0.500. The van der Waals surface area contributed by atoms with E-state index in [2.05, 4.69) is 5.43 Å². The van der Waals surface area contributed by atoms with Crippen LogP contribution in [0.3, 0.4) is 0 Å². The standard InChI is InChI=1S/C14H20N2O3/c1-18-12-3-2-4-13(9-12)19-11-7-5-10(6-8-11)14(17)16-15/h2-4,9-11H,5-8,15H2,1H3,(H,16,17)/t10-,11-. The van der Waals surface area contributed by atoms with E-state index in [1.807, 2.05) is 24.3 Å². The molecule has 0 bridgehead atoms. The first kappa shape index (κ1) is 13.7. The molecular weight excluding hydrogens is 244 g/mol. The second kappa shape index (κ2) is 6.43. The molecule has 1 fully saturated rings. The van der Waals surface area contributed by atoms with Crippen molar-refractivity contribution < 1.29 is 14.3 Å². The summed E-state index contributed by atoms with van der Waals surface area (Å²) in [6, 6.07) is 7.58. The topological polar surface area (TPSA) is 73.6 Å². The summed E-state index contributed by atoms with van der Waals surface area (Å²) < 4.78 is 11.1. The maximum Gasteiger partial charge on any atom is 0.236 e. The molecule has 0 unspecified atom stereocenters. The highest BCUT2D eigenvalue weighted by molar-refractivity contribution is 5.78. The SMILES string of the molecule is COc1cccc(O[C@H]2CC[C@H](C(=O)NN)CC2)c1. The summed E-state index contributed by atoms with van der Waals surface area (Å²) >= 11 is 0. The van der Waals surface area contributed by atoms with Crippen molar-refractivity contribution >= 4 is 5.91 Å². The van der Waals surface area contributed by atoms with E-state index in [9.17, 15) is 4.79 Å². The van der Waals surface area contributed by atoms with Crippen LogP contribution in [0.5, 0.6) is 11.5 Å². The van der Waals surface area contributed by atoms with Crippen LogP contribution < -0.4 is 20.7 Å². The Morgan fingerprint density at radius 2 is 1.95 bits per heavy atom. The van der Waals surface area contributed by atoms with Crippen molar-refractivity contribution in [3.63, 3.8) is 0 Å². The van der Waals surface area contributed by atoms with Crippen molar-refractivity contribution in [2.75, 3.05) is 7.11 Å². The van der Waals surface area contributed by atoms with Gasteiger partial charge in [0.25, 0.3) is 0 Å². The van der Waals surface area contributed by atoms with E-state index < -0.39 is 0 Å². The van der Waals surface area contributed by atoms with Crippen LogP contribution in [0.2, 0.25) is 0 Å². The number of ether oxygens (including phenoxy) is 2. The van der Waals surface area contributed by atoms with E-state index in [4.69, 9.17) is 15.3 Å². The van der Waals surface area contributed by atoms with E-state index in [1.54, 1.807) is 7.11 Å². The van der Waals surface area contributed by atoms with Crippen LogP contribution in [0.15, 0.2) is 24.3 Å². The van der Waals surface area contributed by atoms with Gasteiger partial charge in [-0.1, -0.05) is 6.07 Å². The molecule has 1 aromatic rings. The third-order valence-corrected chi connectivity index (χ3v) is 3.53. The molecule has 0 aliphatic heterocycles. The predicted octanol–water partition coefficient (Wildman–Crippen LogP) is 1.62. The van der Waals surface area contributed by atoms with E-state index in [-0.39, 0.29) is 17.9 Å². The molecule has 5 nitrogen and oxygen atoms in total. The van der Waals surface area contributed by atoms with Gasteiger partial charge in [0.1, 0.15) is 11.5 Å². The summed E-state index contributed by atoms with van der Waals surface area (Å²) in [4.78, 5) is 11.4. The summed E-state index contributed by atoms with van der Waals surface area (Å²) in [7, 11) is 1.63. The normalized spacial score (nSPS) is 22.6. The van der Waals surface area contributed by atoms with Gasteiger partial charge in [-0.15, -0.1) is 0 Å². The molecule has 1 saturated carbocycles. The molecule has 3 N–H and O–H groups in total. The number of hydrogen-bond donors (Lipinski definition) is 2. The first-order valence-electron chi connectivity index (χ1n) is 6.54. The Kier molecular flexibility index (Phi) is 4.63. The molecule has 1 amide bonds.